The average Bonchev–Trinajstić information content (AvgIpc) is 3.25. The van der Waals surface area contributed by atoms with Gasteiger partial charge in [0.05, 0.1) is 6.42 Å². The maximum atomic E-state index is 12.0. The zero-order valence-electron chi connectivity index (χ0n) is 13.0. The number of rotatable bonds is 9. The first-order valence-corrected chi connectivity index (χ1v) is 8.13. The summed E-state index contributed by atoms with van der Waals surface area (Å²) in [4.78, 5) is 12.0. The van der Waals surface area contributed by atoms with Crippen molar-refractivity contribution in [2.45, 2.75) is 51.9 Å². The Hall–Kier alpha value is -1.35. The smallest absolute Gasteiger partial charge is 0.224 e. The van der Waals surface area contributed by atoms with Crippen LogP contribution in [-0.2, 0) is 17.6 Å². The first kappa shape index (κ1) is 16.0. The van der Waals surface area contributed by atoms with Gasteiger partial charge in [0.1, 0.15) is 0 Å². The zero-order chi connectivity index (χ0) is 15.1. The SMILES string of the molecule is CCCCc1ccc(CC(=O)NCC2(CCO)CC2)cc1. The quantitative estimate of drug-likeness (QED) is 0.734. The van der Waals surface area contributed by atoms with Crippen LogP contribution in [0.3, 0.4) is 0 Å². The van der Waals surface area contributed by atoms with Crippen LogP contribution in [0.2, 0.25) is 0 Å². The van der Waals surface area contributed by atoms with Crippen molar-refractivity contribution in [3.05, 3.63) is 35.4 Å². The molecular formula is C18H27NO2. The van der Waals surface area contributed by atoms with E-state index >= 15 is 0 Å². The summed E-state index contributed by atoms with van der Waals surface area (Å²) >= 11 is 0. The highest BCUT2D eigenvalue weighted by atomic mass is 16.3. The lowest BCUT2D eigenvalue weighted by Gasteiger charge is -2.14. The van der Waals surface area contributed by atoms with Gasteiger partial charge in [-0.05, 0) is 48.6 Å². The molecule has 0 aliphatic heterocycles. The molecular weight excluding hydrogens is 262 g/mol. The summed E-state index contributed by atoms with van der Waals surface area (Å²) in [6.45, 7) is 3.12. The Morgan fingerprint density at radius 1 is 1.24 bits per heavy atom. The number of aryl methyl sites for hydroxylation is 1. The van der Waals surface area contributed by atoms with Gasteiger partial charge in [-0.25, -0.2) is 0 Å². The van der Waals surface area contributed by atoms with Gasteiger partial charge in [0.25, 0.3) is 0 Å². The second kappa shape index (κ2) is 7.60. The van der Waals surface area contributed by atoms with Crippen molar-refractivity contribution < 1.29 is 9.90 Å². The summed E-state index contributed by atoms with van der Waals surface area (Å²) in [5.74, 6) is 0.0838. The van der Waals surface area contributed by atoms with Crippen molar-refractivity contribution in [2.75, 3.05) is 13.2 Å². The molecule has 0 atom stereocenters. The Bertz CT molecular complexity index is 449. The highest BCUT2D eigenvalue weighted by molar-refractivity contribution is 5.78. The molecule has 116 valence electrons. The van der Waals surface area contributed by atoms with Gasteiger partial charge in [-0.1, -0.05) is 37.6 Å². The minimum atomic E-state index is 0.0838. The van der Waals surface area contributed by atoms with E-state index in [1.807, 2.05) is 0 Å². The van der Waals surface area contributed by atoms with Crippen molar-refractivity contribution in [1.82, 2.24) is 5.32 Å². The molecule has 1 aromatic rings. The third-order valence-electron chi connectivity index (χ3n) is 4.47. The van der Waals surface area contributed by atoms with Crippen LogP contribution < -0.4 is 5.32 Å². The van der Waals surface area contributed by atoms with Gasteiger partial charge in [-0.15, -0.1) is 0 Å². The number of hydrogen-bond acceptors (Lipinski definition) is 2. The Kier molecular flexibility index (Phi) is 5.80. The predicted octanol–water partition coefficient (Wildman–Crippen LogP) is 2.85. The fraction of sp³-hybridized carbons (Fsp3) is 0.611. The predicted molar refractivity (Wildman–Crippen MR) is 85.1 cm³/mol. The van der Waals surface area contributed by atoms with E-state index in [1.54, 1.807) is 0 Å². The number of carbonyl (C=O) groups excluding carboxylic acids is 1. The average molecular weight is 289 g/mol. The van der Waals surface area contributed by atoms with Crippen molar-refractivity contribution in [1.29, 1.82) is 0 Å². The molecule has 2 N–H and O–H groups in total. The summed E-state index contributed by atoms with van der Waals surface area (Å²) in [6, 6.07) is 8.38. The van der Waals surface area contributed by atoms with Crippen LogP contribution in [0, 0.1) is 5.41 Å². The molecule has 1 aliphatic carbocycles. The largest absolute Gasteiger partial charge is 0.396 e. The standard InChI is InChI=1S/C18H27NO2/c1-2-3-4-15-5-7-16(8-6-15)13-17(21)19-14-18(9-10-18)11-12-20/h5-8,20H,2-4,9-14H2,1H3,(H,19,21). The molecule has 2 rings (SSSR count). The lowest BCUT2D eigenvalue weighted by Crippen LogP contribution is -2.31. The Labute approximate surface area is 127 Å². The van der Waals surface area contributed by atoms with E-state index in [-0.39, 0.29) is 17.9 Å². The first-order chi connectivity index (χ1) is 10.2. The highest BCUT2D eigenvalue weighted by Crippen LogP contribution is 2.47. The summed E-state index contributed by atoms with van der Waals surface area (Å²) in [5, 5.41) is 12.0. The Balaban J connectivity index is 1.74. The normalized spacial score (nSPS) is 15.7. The van der Waals surface area contributed by atoms with Crippen LogP contribution >= 0.6 is 0 Å². The van der Waals surface area contributed by atoms with Crippen LogP contribution in [0.4, 0.5) is 0 Å². The van der Waals surface area contributed by atoms with E-state index < -0.39 is 0 Å². The van der Waals surface area contributed by atoms with Gasteiger partial charge in [0, 0.05) is 13.2 Å². The Morgan fingerprint density at radius 2 is 1.90 bits per heavy atom. The Morgan fingerprint density at radius 3 is 2.48 bits per heavy atom. The molecule has 0 radical (unpaired) electrons. The number of benzene rings is 1. The summed E-state index contributed by atoms with van der Waals surface area (Å²) < 4.78 is 0. The maximum Gasteiger partial charge on any atom is 0.224 e. The van der Waals surface area contributed by atoms with Crippen LogP contribution in [0.1, 0.15) is 50.2 Å². The minimum Gasteiger partial charge on any atom is -0.396 e. The van der Waals surface area contributed by atoms with Crippen molar-refractivity contribution >= 4 is 5.91 Å². The number of amides is 1. The second-order valence-corrected chi connectivity index (χ2v) is 6.35. The van der Waals surface area contributed by atoms with Gasteiger partial charge in [0.2, 0.25) is 5.91 Å². The molecule has 0 spiro atoms. The zero-order valence-corrected chi connectivity index (χ0v) is 13.0. The van der Waals surface area contributed by atoms with E-state index in [2.05, 4.69) is 36.5 Å². The number of unbranched alkanes of at least 4 members (excludes halogenated alkanes) is 1. The molecule has 0 saturated heterocycles. The fourth-order valence-electron chi connectivity index (χ4n) is 2.67. The maximum absolute atomic E-state index is 12.0. The highest BCUT2D eigenvalue weighted by Gasteiger charge is 2.41. The number of aliphatic hydroxyl groups is 1. The van der Waals surface area contributed by atoms with Crippen molar-refractivity contribution in [3.8, 4) is 0 Å². The monoisotopic (exact) mass is 289 g/mol. The van der Waals surface area contributed by atoms with Gasteiger partial charge in [-0.3, -0.25) is 4.79 Å². The number of aliphatic hydroxyl groups excluding tert-OH is 1. The molecule has 3 heteroatoms. The molecule has 0 unspecified atom stereocenters. The molecule has 1 fully saturated rings. The van der Waals surface area contributed by atoms with E-state index in [1.165, 1.54) is 18.4 Å². The molecule has 1 aromatic carbocycles. The summed E-state index contributed by atoms with van der Waals surface area (Å²) in [6.07, 6.45) is 7.04. The number of carbonyl (C=O) groups is 1. The molecule has 3 nitrogen and oxygen atoms in total. The van der Waals surface area contributed by atoms with Crippen LogP contribution in [0.15, 0.2) is 24.3 Å². The molecule has 21 heavy (non-hydrogen) atoms. The first-order valence-electron chi connectivity index (χ1n) is 8.13. The van der Waals surface area contributed by atoms with E-state index in [9.17, 15) is 4.79 Å². The van der Waals surface area contributed by atoms with Gasteiger partial charge >= 0.3 is 0 Å². The lowest BCUT2D eigenvalue weighted by molar-refractivity contribution is -0.120. The topological polar surface area (TPSA) is 49.3 Å². The van der Waals surface area contributed by atoms with Crippen molar-refractivity contribution in [2.24, 2.45) is 5.41 Å². The third-order valence-corrected chi connectivity index (χ3v) is 4.47. The number of nitrogens with one attached hydrogen (secondary N) is 1. The molecule has 0 heterocycles. The summed E-state index contributed by atoms with van der Waals surface area (Å²) in [7, 11) is 0. The fourth-order valence-corrected chi connectivity index (χ4v) is 2.67. The van der Waals surface area contributed by atoms with Crippen LogP contribution in [0.25, 0.3) is 0 Å². The summed E-state index contributed by atoms with van der Waals surface area (Å²) in [5.41, 5.74) is 2.61. The lowest BCUT2D eigenvalue weighted by atomic mass is 10.0. The van der Waals surface area contributed by atoms with Gasteiger partial charge in [0.15, 0.2) is 0 Å². The van der Waals surface area contributed by atoms with E-state index in [4.69, 9.17) is 5.11 Å². The van der Waals surface area contributed by atoms with E-state index in [0.29, 0.717) is 13.0 Å². The second-order valence-electron chi connectivity index (χ2n) is 6.35. The molecule has 1 amide bonds. The third kappa shape index (κ3) is 5.16. The van der Waals surface area contributed by atoms with Gasteiger partial charge in [-0.2, -0.15) is 0 Å². The van der Waals surface area contributed by atoms with Crippen LogP contribution in [0.5, 0.6) is 0 Å². The van der Waals surface area contributed by atoms with Gasteiger partial charge < -0.3 is 10.4 Å². The van der Waals surface area contributed by atoms with Crippen molar-refractivity contribution in [3.63, 3.8) is 0 Å². The number of hydrogen-bond donors (Lipinski definition) is 2. The molecule has 1 saturated carbocycles. The van der Waals surface area contributed by atoms with Crippen LogP contribution in [-0.4, -0.2) is 24.2 Å². The minimum absolute atomic E-state index is 0.0838. The molecule has 0 bridgehead atoms. The molecule has 0 aromatic heterocycles. The van der Waals surface area contributed by atoms with E-state index in [0.717, 1.165) is 31.2 Å². The molecule has 1 aliphatic rings.